The highest BCUT2D eigenvalue weighted by atomic mass is 16.5. The minimum absolute atomic E-state index is 0.0770. The van der Waals surface area contributed by atoms with Gasteiger partial charge in [0.15, 0.2) is 0 Å². The van der Waals surface area contributed by atoms with E-state index < -0.39 is 0 Å². The average Bonchev–Trinajstić information content (AvgIpc) is 2.89. The van der Waals surface area contributed by atoms with Gasteiger partial charge < -0.3 is 19.8 Å². The van der Waals surface area contributed by atoms with Gasteiger partial charge in [-0.3, -0.25) is 4.79 Å². The van der Waals surface area contributed by atoms with Gasteiger partial charge in [-0.15, -0.1) is 0 Å². The van der Waals surface area contributed by atoms with Crippen LogP contribution in [0, 0.1) is 13.8 Å². The number of hydrogen-bond donors (Lipinski definition) is 2. The summed E-state index contributed by atoms with van der Waals surface area (Å²) in [5, 5.41) is 2.87. The van der Waals surface area contributed by atoms with Crippen LogP contribution in [0.4, 0.5) is 5.69 Å². The van der Waals surface area contributed by atoms with E-state index in [9.17, 15) is 9.59 Å². The summed E-state index contributed by atoms with van der Waals surface area (Å²) in [5.41, 5.74) is 3.91. The van der Waals surface area contributed by atoms with Crippen LogP contribution in [0.3, 0.4) is 0 Å². The van der Waals surface area contributed by atoms with E-state index in [2.05, 4.69) is 10.3 Å². The van der Waals surface area contributed by atoms with Crippen molar-refractivity contribution in [3.05, 3.63) is 46.8 Å². The molecule has 0 aliphatic heterocycles. The van der Waals surface area contributed by atoms with Crippen LogP contribution in [-0.2, 0) is 16.0 Å². The lowest BCUT2D eigenvalue weighted by molar-refractivity contribution is -0.116. The van der Waals surface area contributed by atoms with Crippen LogP contribution in [0.2, 0.25) is 0 Å². The molecule has 2 N–H and O–H groups in total. The van der Waals surface area contributed by atoms with Gasteiger partial charge >= 0.3 is 5.97 Å². The lowest BCUT2D eigenvalue weighted by Gasteiger charge is -2.08. The van der Waals surface area contributed by atoms with E-state index in [1.165, 1.54) is 0 Å². The Bertz CT molecular complexity index is 763. The second-order valence-electron chi connectivity index (χ2n) is 5.95. The summed E-state index contributed by atoms with van der Waals surface area (Å²) in [5.74, 6) is 0.334. The number of hydrogen-bond acceptors (Lipinski definition) is 4. The number of nitrogens with one attached hydrogen (secondary N) is 2. The van der Waals surface area contributed by atoms with Crippen LogP contribution in [-0.4, -0.2) is 30.1 Å². The SMILES string of the molecule is CCOC(=O)c1[nH]c(C)c(CCC(=O)Nc2ccc(OCC)cc2)c1C. The third-order valence-corrected chi connectivity index (χ3v) is 4.12. The molecular formula is C20H26N2O4. The Morgan fingerprint density at radius 2 is 1.77 bits per heavy atom. The number of aryl methyl sites for hydroxylation is 1. The summed E-state index contributed by atoms with van der Waals surface area (Å²) in [4.78, 5) is 27.2. The zero-order chi connectivity index (χ0) is 19.1. The molecule has 1 amide bonds. The van der Waals surface area contributed by atoms with Crippen LogP contribution in [0.5, 0.6) is 5.75 Å². The fourth-order valence-corrected chi connectivity index (χ4v) is 2.83. The minimum Gasteiger partial charge on any atom is -0.494 e. The van der Waals surface area contributed by atoms with Gasteiger partial charge in [0, 0.05) is 17.8 Å². The molecule has 0 aliphatic rings. The van der Waals surface area contributed by atoms with Crippen molar-refractivity contribution in [2.75, 3.05) is 18.5 Å². The summed E-state index contributed by atoms with van der Waals surface area (Å²) < 4.78 is 10.4. The largest absolute Gasteiger partial charge is 0.494 e. The molecule has 0 spiro atoms. The number of rotatable bonds is 8. The molecule has 0 saturated carbocycles. The lowest BCUT2D eigenvalue weighted by Crippen LogP contribution is -2.12. The fourth-order valence-electron chi connectivity index (χ4n) is 2.83. The van der Waals surface area contributed by atoms with E-state index in [-0.39, 0.29) is 11.9 Å². The number of anilines is 1. The minimum atomic E-state index is -0.363. The van der Waals surface area contributed by atoms with Gasteiger partial charge in [0.05, 0.1) is 13.2 Å². The Kier molecular flexibility index (Phi) is 6.83. The normalized spacial score (nSPS) is 10.5. The standard InChI is InChI=1S/C20H26N2O4/c1-5-25-16-9-7-15(8-10-16)22-18(23)12-11-17-13(3)19(21-14(17)4)20(24)26-6-2/h7-10,21H,5-6,11-12H2,1-4H3,(H,22,23). The van der Waals surface area contributed by atoms with Crippen molar-refractivity contribution in [2.45, 2.75) is 40.5 Å². The van der Waals surface area contributed by atoms with E-state index in [0.29, 0.717) is 31.7 Å². The highest BCUT2D eigenvalue weighted by molar-refractivity contribution is 5.91. The molecule has 0 unspecified atom stereocenters. The molecule has 140 valence electrons. The van der Waals surface area contributed by atoms with Crippen molar-refractivity contribution in [3.63, 3.8) is 0 Å². The predicted octanol–water partition coefficient (Wildman–Crippen LogP) is 3.78. The second kappa shape index (κ2) is 9.08. The number of carbonyl (C=O) groups excluding carboxylic acids is 2. The fraction of sp³-hybridized carbons (Fsp3) is 0.400. The molecule has 0 radical (unpaired) electrons. The van der Waals surface area contributed by atoms with Crippen LogP contribution < -0.4 is 10.1 Å². The van der Waals surface area contributed by atoms with Gasteiger partial charge in [-0.2, -0.15) is 0 Å². The van der Waals surface area contributed by atoms with Crippen molar-refractivity contribution in [1.82, 2.24) is 4.98 Å². The molecule has 6 nitrogen and oxygen atoms in total. The Morgan fingerprint density at radius 3 is 2.38 bits per heavy atom. The van der Waals surface area contributed by atoms with Crippen LogP contribution in [0.25, 0.3) is 0 Å². The molecule has 2 rings (SSSR count). The quantitative estimate of drug-likeness (QED) is 0.704. The summed E-state index contributed by atoms with van der Waals surface area (Å²) >= 11 is 0. The number of amides is 1. The van der Waals surface area contributed by atoms with Gasteiger partial charge in [0.1, 0.15) is 11.4 Å². The molecule has 0 fully saturated rings. The first-order valence-electron chi connectivity index (χ1n) is 8.84. The van der Waals surface area contributed by atoms with E-state index in [1.807, 2.05) is 45.0 Å². The monoisotopic (exact) mass is 358 g/mol. The topological polar surface area (TPSA) is 80.4 Å². The van der Waals surface area contributed by atoms with E-state index in [0.717, 1.165) is 28.3 Å². The smallest absolute Gasteiger partial charge is 0.355 e. The molecule has 2 aromatic rings. The van der Waals surface area contributed by atoms with Crippen molar-refractivity contribution >= 4 is 17.6 Å². The number of ether oxygens (including phenoxy) is 2. The van der Waals surface area contributed by atoms with Crippen molar-refractivity contribution in [1.29, 1.82) is 0 Å². The number of esters is 1. The first kappa shape index (κ1) is 19.6. The highest BCUT2D eigenvalue weighted by Gasteiger charge is 2.18. The van der Waals surface area contributed by atoms with Crippen molar-refractivity contribution in [2.24, 2.45) is 0 Å². The van der Waals surface area contributed by atoms with Crippen molar-refractivity contribution < 1.29 is 19.1 Å². The maximum Gasteiger partial charge on any atom is 0.355 e. The molecule has 1 heterocycles. The highest BCUT2D eigenvalue weighted by Crippen LogP contribution is 2.21. The molecule has 1 aromatic carbocycles. The predicted molar refractivity (Wildman–Crippen MR) is 101 cm³/mol. The summed E-state index contributed by atoms with van der Waals surface area (Å²) in [7, 11) is 0. The molecule has 6 heteroatoms. The van der Waals surface area contributed by atoms with Gasteiger partial charge in [-0.1, -0.05) is 0 Å². The summed E-state index contributed by atoms with van der Waals surface area (Å²) in [6.07, 6.45) is 0.880. The maximum absolute atomic E-state index is 12.2. The number of carbonyl (C=O) groups is 2. The molecule has 0 saturated heterocycles. The maximum atomic E-state index is 12.2. The average molecular weight is 358 g/mol. The molecule has 0 bridgehead atoms. The lowest BCUT2D eigenvalue weighted by atomic mass is 10.0. The van der Waals surface area contributed by atoms with E-state index in [1.54, 1.807) is 6.92 Å². The zero-order valence-corrected chi connectivity index (χ0v) is 15.8. The third-order valence-electron chi connectivity index (χ3n) is 4.12. The van der Waals surface area contributed by atoms with Crippen LogP contribution >= 0.6 is 0 Å². The molecule has 0 atom stereocenters. The Balaban J connectivity index is 1.95. The molecule has 1 aromatic heterocycles. The first-order chi connectivity index (χ1) is 12.5. The summed E-state index contributed by atoms with van der Waals surface area (Å²) in [6, 6.07) is 7.28. The van der Waals surface area contributed by atoms with Gasteiger partial charge in [0.2, 0.25) is 5.91 Å². The van der Waals surface area contributed by atoms with Crippen molar-refractivity contribution in [3.8, 4) is 5.75 Å². The first-order valence-corrected chi connectivity index (χ1v) is 8.84. The van der Waals surface area contributed by atoms with Crippen LogP contribution in [0.1, 0.15) is 47.6 Å². The van der Waals surface area contributed by atoms with Gasteiger partial charge in [0.25, 0.3) is 0 Å². The molecule has 0 aliphatic carbocycles. The Labute approximate surface area is 153 Å². The number of aromatic amines is 1. The number of benzene rings is 1. The van der Waals surface area contributed by atoms with Crippen LogP contribution in [0.15, 0.2) is 24.3 Å². The number of aromatic nitrogens is 1. The Hall–Kier alpha value is -2.76. The van der Waals surface area contributed by atoms with Gasteiger partial charge in [-0.25, -0.2) is 4.79 Å². The Morgan fingerprint density at radius 1 is 1.08 bits per heavy atom. The van der Waals surface area contributed by atoms with Gasteiger partial charge in [-0.05, 0) is 69.5 Å². The van der Waals surface area contributed by atoms with E-state index >= 15 is 0 Å². The second-order valence-corrected chi connectivity index (χ2v) is 5.95. The zero-order valence-electron chi connectivity index (χ0n) is 15.8. The van der Waals surface area contributed by atoms with E-state index in [4.69, 9.17) is 9.47 Å². The molecule has 26 heavy (non-hydrogen) atoms. The number of H-pyrrole nitrogens is 1. The molecular weight excluding hydrogens is 332 g/mol. The third kappa shape index (κ3) is 4.88. The summed E-state index contributed by atoms with van der Waals surface area (Å²) in [6.45, 7) is 8.40.